The summed E-state index contributed by atoms with van der Waals surface area (Å²) in [7, 11) is 1.66. The van der Waals surface area contributed by atoms with Crippen molar-refractivity contribution in [1.29, 1.82) is 0 Å². The highest BCUT2D eigenvalue weighted by Crippen LogP contribution is 2.34. The minimum absolute atomic E-state index is 0.0715. The first-order valence-electron chi connectivity index (χ1n) is 8.96. The molecule has 4 heteroatoms. The van der Waals surface area contributed by atoms with Gasteiger partial charge in [-0.15, -0.1) is 11.3 Å². The van der Waals surface area contributed by atoms with Crippen molar-refractivity contribution in [3.63, 3.8) is 0 Å². The van der Waals surface area contributed by atoms with Crippen LogP contribution in [0.5, 0.6) is 11.5 Å². The second-order valence-electron chi connectivity index (χ2n) is 6.56. The van der Waals surface area contributed by atoms with E-state index in [1.54, 1.807) is 18.4 Å². The molecule has 4 rings (SSSR count). The van der Waals surface area contributed by atoms with Crippen LogP contribution in [0.3, 0.4) is 0 Å². The average molecular weight is 375 g/mol. The van der Waals surface area contributed by atoms with E-state index in [1.165, 1.54) is 15.5 Å². The van der Waals surface area contributed by atoms with Crippen molar-refractivity contribution < 1.29 is 9.47 Å². The van der Waals surface area contributed by atoms with Crippen LogP contribution in [0.25, 0.3) is 33.1 Å². The fourth-order valence-electron chi connectivity index (χ4n) is 3.10. The Hall–Kier alpha value is -2.85. The molecule has 0 saturated heterocycles. The van der Waals surface area contributed by atoms with Gasteiger partial charge in [0.15, 0.2) is 11.5 Å². The summed E-state index contributed by atoms with van der Waals surface area (Å²) in [5.74, 6) is 1.50. The zero-order valence-electron chi connectivity index (χ0n) is 15.6. The number of hydrogen-bond donors (Lipinski definition) is 0. The van der Waals surface area contributed by atoms with Crippen molar-refractivity contribution >= 4 is 44.5 Å². The Labute approximate surface area is 162 Å². The number of benzene rings is 3. The average Bonchev–Trinajstić information content (AvgIpc) is 3.10. The monoisotopic (exact) mass is 375 g/mol. The smallest absolute Gasteiger partial charge is 0.168 e. The molecule has 0 aliphatic carbocycles. The summed E-state index contributed by atoms with van der Waals surface area (Å²) in [4.78, 5) is 4.85. The number of aromatic nitrogens is 1. The number of fused-ring (bicyclic) bond motifs is 3. The lowest BCUT2D eigenvalue weighted by Crippen LogP contribution is -2.07. The first-order valence-corrected chi connectivity index (χ1v) is 9.77. The van der Waals surface area contributed by atoms with E-state index >= 15 is 0 Å². The number of rotatable bonds is 5. The lowest BCUT2D eigenvalue weighted by atomic mass is 10.1. The molecule has 3 nitrogen and oxygen atoms in total. The van der Waals surface area contributed by atoms with Gasteiger partial charge >= 0.3 is 0 Å². The first kappa shape index (κ1) is 17.6. The number of para-hydroxylation sites is 1. The van der Waals surface area contributed by atoms with E-state index in [0.717, 1.165) is 27.6 Å². The van der Waals surface area contributed by atoms with Gasteiger partial charge in [0, 0.05) is 10.9 Å². The highest BCUT2D eigenvalue weighted by atomic mass is 32.1. The minimum atomic E-state index is 0.0715. The maximum absolute atomic E-state index is 5.98. The van der Waals surface area contributed by atoms with Crippen LogP contribution in [-0.4, -0.2) is 18.2 Å². The van der Waals surface area contributed by atoms with Gasteiger partial charge < -0.3 is 9.47 Å². The molecule has 1 heterocycles. The van der Waals surface area contributed by atoms with Gasteiger partial charge in [-0.25, -0.2) is 4.98 Å². The Morgan fingerprint density at radius 3 is 2.63 bits per heavy atom. The third-order valence-electron chi connectivity index (χ3n) is 4.29. The Kier molecular flexibility index (Phi) is 4.82. The third kappa shape index (κ3) is 3.53. The van der Waals surface area contributed by atoms with E-state index < -0.39 is 0 Å². The van der Waals surface area contributed by atoms with Gasteiger partial charge in [-0.05, 0) is 43.5 Å². The van der Waals surface area contributed by atoms with Crippen LogP contribution >= 0.6 is 11.3 Å². The van der Waals surface area contributed by atoms with Crippen LogP contribution < -0.4 is 9.47 Å². The summed E-state index contributed by atoms with van der Waals surface area (Å²) in [6.07, 6.45) is 4.16. The topological polar surface area (TPSA) is 31.4 Å². The lowest BCUT2D eigenvalue weighted by molar-refractivity contribution is 0.229. The van der Waals surface area contributed by atoms with Gasteiger partial charge in [0.2, 0.25) is 0 Å². The summed E-state index contributed by atoms with van der Waals surface area (Å²) < 4.78 is 12.6. The molecular formula is C23H21NO2S. The molecule has 136 valence electrons. The Balaban J connectivity index is 1.74. The van der Waals surface area contributed by atoms with Gasteiger partial charge in [-0.2, -0.15) is 0 Å². The second kappa shape index (κ2) is 7.41. The van der Waals surface area contributed by atoms with E-state index in [-0.39, 0.29) is 6.10 Å². The number of methoxy groups -OCH3 is 1. The van der Waals surface area contributed by atoms with Crippen LogP contribution in [0, 0.1) is 0 Å². The molecule has 0 unspecified atom stereocenters. The molecule has 0 saturated carbocycles. The minimum Gasteiger partial charge on any atom is -0.493 e. The number of nitrogens with zero attached hydrogens (tertiary/aromatic N) is 1. The highest BCUT2D eigenvalue weighted by Gasteiger charge is 2.11. The predicted molar refractivity (Wildman–Crippen MR) is 115 cm³/mol. The molecule has 0 radical (unpaired) electrons. The first-order chi connectivity index (χ1) is 13.2. The van der Waals surface area contributed by atoms with Crippen molar-refractivity contribution in [2.24, 2.45) is 0 Å². The molecule has 1 aromatic heterocycles. The highest BCUT2D eigenvalue weighted by molar-refractivity contribution is 7.19. The van der Waals surface area contributed by atoms with Gasteiger partial charge in [0.25, 0.3) is 0 Å². The van der Waals surface area contributed by atoms with Crippen molar-refractivity contribution in [3.05, 3.63) is 65.2 Å². The van der Waals surface area contributed by atoms with E-state index in [2.05, 4.69) is 36.4 Å². The summed E-state index contributed by atoms with van der Waals surface area (Å²) in [5.41, 5.74) is 2.04. The maximum atomic E-state index is 5.98. The van der Waals surface area contributed by atoms with E-state index in [0.29, 0.717) is 0 Å². The molecular weight excluding hydrogens is 354 g/mol. The Bertz CT molecular complexity index is 1130. The molecule has 0 aliphatic heterocycles. The molecule has 0 atom stereocenters. The predicted octanol–water partition coefficient (Wildman–Crippen LogP) is 6.42. The van der Waals surface area contributed by atoms with Crippen LogP contribution in [0.2, 0.25) is 0 Å². The largest absolute Gasteiger partial charge is 0.493 e. The van der Waals surface area contributed by atoms with E-state index in [4.69, 9.17) is 14.5 Å². The van der Waals surface area contributed by atoms with Crippen molar-refractivity contribution in [1.82, 2.24) is 4.98 Å². The molecule has 0 bridgehead atoms. The Morgan fingerprint density at radius 2 is 1.81 bits per heavy atom. The Morgan fingerprint density at radius 1 is 0.963 bits per heavy atom. The number of thiazole rings is 1. The fraction of sp³-hybridized carbons (Fsp3) is 0.174. The van der Waals surface area contributed by atoms with Crippen LogP contribution in [0.15, 0.2) is 54.6 Å². The molecule has 0 N–H and O–H groups in total. The summed E-state index contributed by atoms with van der Waals surface area (Å²) in [5, 5.41) is 3.38. The van der Waals surface area contributed by atoms with E-state index in [1.807, 2.05) is 44.2 Å². The SMILES string of the molecule is COc1cccc(/C=C/c2nc3c(ccc4ccccc43)s2)c1OC(C)C. The molecule has 0 aliphatic rings. The summed E-state index contributed by atoms with van der Waals surface area (Å²) >= 11 is 1.69. The molecule has 0 fully saturated rings. The second-order valence-corrected chi connectivity index (χ2v) is 7.63. The van der Waals surface area contributed by atoms with Gasteiger partial charge in [-0.3, -0.25) is 0 Å². The van der Waals surface area contributed by atoms with Crippen molar-refractivity contribution in [3.8, 4) is 11.5 Å². The molecule has 0 amide bonds. The quantitative estimate of drug-likeness (QED) is 0.403. The fourth-order valence-corrected chi connectivity index (χ4v) is 3.98. The van der Waals surface area contributed by atoms with Crippen molar-refractivity contribution in [2.75, 3.05) is 7.11 Å². The van der Waals surface area contributed by atoms with Gasteiger partial charge in [0.05, 0.1) is 23.4 Å². The van der Waals surface area contributed by atoms with Gasteiger partial charge in [-0.1, -0.05) is 42.5 Å². The van der Waals surface area contributed by atoms with Gasteiger partial charge in [0.1, 0.15) is 5.01 Å². The van der Waals surface area contributed by atoms with Crippen molar-refractivity contribution in [2.45, 2.75) is 20.0 Å². The molecule has 27 heavy (non-hydrogen) atoms. The van der Waals surface area contributed by atoms with Crippen LogP contribution in [-0.2, 0) is 0 Å². The normalized spacial score (nSPS) is 11.7. The zero-order chi connectivity index (χ0) is 18.8. The standard InChI is InChI=1S/C23H21NO2S/c1-15(2)26-23-17(8-6-10-19(23)25-3)12-14-21-24-22-18-9-5-4-7-16(18)11-13-20(22)27-21/h4-15H,1-3H3/b14-12+. The lowest BCUT2D eigenvalue weighted by Gasteiger charge is -2.15. The summed E-state index contributed by atoms with van der Waals surface area (Å²) in [6, 6.07) is 18.6. The van der Waals surface area contributed by atoms with Crippen LogP contribution in [0.4, 0.5) is 0 Å². The number of hydrogen-bond acceptors (Lipinski definition) is 4. The zero-order valence-corrected chi connectivity index (χ0v) is 16.4. The molecule has 0 spiro atoms. The maximum Gasteiger partial charge on any atom is 0.168 e. The molecule has 3 aromatic carbocycles. The summed E-state index contributed by atoms with van der Waals surface area (Å²) in [6.45, 7) is 4.02. The van der Waals surface area contributed by atoms with Crippen LogP contribution in [0.1, 0.15) is 24.4 Å². The third-order valence-corrected chi connectivity index (χ3v) is 5.27. The number of ether oxygens (including phenoxy) is 2. The van der Waals surface area contributed by atoms with E-state index in [9.17, 15) is 0 Å². The molecule has 4 aromatic rings.